The van der Waals surface area contributed by atoms with Crippen LogP contribution in [0.4, 0.5) is 0 Å². The van der Waals surface area contributed by atoms with Crippen molar-refractivity contribution in [2.75, 3.05) is 5.75 Å². The molecule has 0 radical (unpaired) electrons. The summed E-state index contributed by atoms with van der Waals surface area (Å²) in [5.74, 6) is -0.760. The Hall–Kier alpha value is -1.16. The van der Waals surface area contributed by atoms with E-state index in [9.17, 15) is 9.00 Å². The normalized spacial score (nSPS) is 26.2. The summed E-state index contributed by atoms with van der Waals surface area (Å²) in [4.78, 5) is 10.7. The monoisotopic (exact) mass is 252 g/mol. The summed E-state index contributed by atoms with van der Waals surface area (Å²) in [6, 6.07) is 10.0. The third-order valence-corrected chi connectivity index (χ3v) is 5.16. The van der Waals surface area contributed by atoms with Crippen LogP contribution in [0.5, 0.6) is 0 Å². The quantitative estimate of drug-likeness (QED) is 0.872. The molecule has 3 nitrogen and oxygen atoms in total. The van der Waals surface area contributed by atoms with Crippen molar-refractivity contribution >= 4 is 16.8 Å². The van der Waals surface area contributed by atoms with Gasteiger partial charge in [0.15, 0.2) is 0 Å². The van der Waals surface area contributed by atoms with E-state index in [2.05, 4.69) is 0 Å². The van der Waals surface area contributed by atoms with E-state index in [1.807, 2.05) is 30.3 Å². The Balaban J connectivity index is 1.91. The van der Waals surface area contributed by atoms with Gasteiger partial charge in [0.05, 0.1) is 5.92 Å². The van der Waals surface area contributed by atoms with Gasteiger partial charge in [-0.05, 0) is 17.9 Å². The van der Waals surface area contributed by atoms with E-state index in [0.29, 0.717) is 5.92 Å². The van der Waals surface area contributed by atoms with E-state index in [1.54, 1.807) is 6.92 Å². The maximum absolute atomic E-state index is 12.0. The highest BCUT2D eigenvalue weighted by atomic mass is 32.2. The summed E-state index contributed by atoms with van der Waals surface area (Å²) in [5.41, 5.74) is 1.22. The van der Waals surface area contributed by atoms with Crippen molar-refractivity contribution in [2.24, 2.45) is 5.92 Å². The first-order chi connectivity index (χ1) is 8.09. The lowest BCUT2D eigenvalue weighted by Gasteiger charge is -2.05. The third-order valence-electron chi connectivity index (χ3n) is 3.13. The molecule has 0 bridgehead atoms. The second-order valence-corrected chi connectivity index (χ2v) is 6.28. The number of carbonyl (C=O) groups is 1. The molecule has 1 aromatic carbocycles. The molecule has 1 fully saturated rings. The van der Waals surface area contributed by atoms with Gasteiger partial charge in [0.25, 0.3) is 0 Å². The molecule has 4 heteroatoms. The van der Waals surface area contributed by atoms with Gasteiger partial charge in [-0.25, -0.2) is 0 Å². The van der Waals surface area contributed by atoms with Gasteiger partial charge >= 0.3 is 5.97 Å². The Morgan fingerprint density at radius 1 is 1.47 bits per heavy atom. The number of hydrogen-bond donors (Lipinski definition) is 1. The highest BCUT2D eigenvalue weighted by Gasteiger charge is 2.43. The summed E-state index contributed by atoms with van der Waals surface area (Å²) < 4.78 is 12.0. The topological polar surface area (TPSA) is 54.4 Å². The van der Waals surface area contributed by atoms with Crippen LogP contribution in [-0.4, -0.2) is 26.3 Å². The van der Waals surface area contributed by atoms with Crippen LogP contribution in [-0.2, 0) is 15.6 Å². The van der Waals surface area contributed by atoms with Gasteiger partial charge in [-0.2, -0.15) is 0 Å². The minimum atomic E-state index is -1.02. The Morgan fingerprint density at radius 3 is 2.71 bits per heavy atom. The largest absolute Gasteiger partial charge is 0.481 e. The van der Waals surface area contributed by atoms with Crippen molar-refractivity contribution in [3.05, 3.63) is 35.9 Å². The van der Waals surface area contributed by atoms with Crippen LogP contribution in [0.15, 0.2) is 30.3 Å². The van der Waals surface area contributed by atoms with Crippen LogP contribution >= 0.6 is 0 Å². The molecule has 0 heterocycles. The van der Waals surface area contributed by atoms with Crippen LogP contribution in [0.1, 0.15) is 24.8 Å². The van der Waals surface area contributed by atoms with Crippen LogP contribution < -0.4 is 0 Å². The lowest BCUT2D eigenvalue weighted by Crippen LogP contribution is -2.19. The van der Waals surface area contributed by atoms with Crippen molar-refractivity contribution in [3.63, 3.8) is 0 Å². The average Bonchev–Trinajstić information content (AvgIpc) is 3.10. The molecular weight excluding hydrogens is 236 g/mol. The zero-order chi connectivity index (χ0) is 12.4. The highest BCUT2D eigenvalue weighted by molar-refractivity contribution is 7.86. The zero-order valence-corrected chi connectivity index (χ0v) is 10.5. The molecule has 0 aliphatic heterocycles. The first-order valence-electron chi connectivity index (χ1n) is 5.74. The van der Waals surface area contributed by atoms with Crippen molar-refractivity contribution in [3.8, 4) is 0 Å². The maximum atomic E-state index is 12.0. The minimum absolute atomic E-state index is 0.152. The molecule has 1 N–H and O–H groups in total. The van der Waals surface area contributed by atoms with Crippen LogP contribution in [0.25, 0.3) is 0 Å². The molecule has 92 valence electrons. The maximum Gasteiger partial charge on any atom is 0.307 e. The zero-order valence-electron chi connectivity index (χ0n) is 9.70. The van der Waals surface area contributed by atoms with Crippen molar-refractivity contribution in [1.82, 2.24) is 0 Å². The number of rotatable bonds is 5. The number of carboxylic acids is 1. The second kappa shape index (κ2) is 5.00. The van der Waals surface area contributed by atoms with Crippen LogP contribution in [0.3, 0.4) is 0 Å². The number of carboxylic acid groups (broad SMARTS) is 1. The summed E-state index contributed by atoms with van der Waals surface area (Å²) in [5, 5.41) is 8.93. The molecule has 0 saturated heterocycles. The molecule has 1 aromatic rings. The van der Waals surface area contributed by atoms with Crippen molar-refractivity contribution in [1.29, 1.82) is 0 Å². The lowest BCUT2D eigenvalue weighted by molar-refractivity contribution is -0.140. The predicted molar refractivity (Wildman–Crippen MR) is 67.4 cm³/mol. The highest BCUT2D eigenvalue weighted by Crippen LogP contribution is 2.44. The summed E-state index contributed by atoms with van der Waals surface area (Å²) >= 11 is 0. The molecule has 1 aliphatic rings. The average molecular weight is 252 g/mol. The van der Waals surface area contributed by atoms with E-state index >= 15 is 0 Å². The van der Waals surface area contributed by atoms with E-state index in [-0.39, 0.29) is 11.0 Å². The van der Waals surface area contributed by atoms with E-state index < -0.39 is 22.7 Å². The van der Waals surface area contributed by atoms with Crippen LogP contribution in [0.2, 0.25) is 0 Å². The minimum Gasteiger partial charge on any atom is -0.481 e. The molecule has 0 aromatic heterocycles. The standard InChI is InChI=1S/C13H16O3S/c1-9(13(14)15)8-17(16)12-7-11(12)10-5-3-2-4-6-10/h2-6,9,11-12H,7-8H2,1H3,(H,14,15). The molecule has 17 heavy (non-hydrogen) atoms. The van der Waals surface area contributed by atoms with Gasteiger partial charge in [-0.15, -0.1) is 0 Å². The molecule has 1 aliphatic carbocycles. The summed E-state index contributed by atoms with van der Waals surface area (Å²) in [6.07, 6.45) is 0.920. The summed E-state index contributed by atoms with van der Waals surface area (Å²) in [6.45, 7) is 1.61. The fourth-order valence-electron chi connectivity index (χ4n) is 1.95. The molecule has 0 spiro atoms. The Bertz CT molecular complexity index is 430. The Labute approximate surface area is 103 Å². The molecule has 4 unspecified atom stereocenters. The molecule has 0 amide bonds. The van der Waals surface area contributed by atoms with E-state index in [4.69, 9.17) is 5.11 Å². The Kier molecular flexibility index (Phi) is 3.62. The molecule has 1 saturated carbocycles. The van der Waals surface area contributed by atoms with Gasteiger partial charge in [0.1, 0.15) is 0 Å². The lowest BCUT2D eigenvalue weighted by atomic mass is 10.1. The molecular formula is C13H16O3S. The predicted octanol–water partition coefficient (Wildman–Crippen LogP) is 2.01. The Morgan fingerprint density at radius 2 is 2.12 bits per heavy atom. The number of benzene rings is 1. The van der Waals surface area contributed by atoms with Gasteiger partial charge in [0, 0.05) is 21.8 Å². The van der Waals surface area contributed by atoms with E-state index in [1.165, 1.54) is 5.56 Å². The van der Waals surface area contributed by atoms with Gasteiger partial charge in [0.2, 0.25) is 0 Å². The van der Waals surface area contributed by atoms with Gasteiger partial charge in [-0.3, -0.25) is 9.00 Å². The fourth-order valence-corrected chi connectivity index (χ4v) is 3.78. The summed E-state index contributed by atoms with van der Waals surface area (Å²) in [7, 11) is -1.02. The molecule has 2 rings (SSSR count). The van der Waals surface area contributed by atoms with Gasteiger partial charge < -0.3 is 5.11 Å². The van der Waals surface area contributed by atoms with Crippen LogP contribution in [0, 0.1) is 5.92 Å². The van der Waals surface area contributed by atoms with Gasteiger partial charge in [-0.1, -0.05) is 37.3 Å². The van der Waals surface area contributed by atoms with Crippen molar-refractivity contribution < 1.29 is 14.1 Å². The van der Waals surface area contributed by atoms with E-state index in [0.717, 1.165) is 6.42 Å². The number of aliphatic carboxylic acids is 1. The first-order valence-corrected chi connectivity index (χ1v) is 7.12. The fraction of sp³-hybridized carbons (Fsp3) is 0.462. The second-order valence-electron chi connectivity index (χ2n) is 4.58. The third kappa shape index (κ3) is 2.94. The molecule has 4 atom stereocenters. The smallest absolute Gasteiger partial charge is 0.307 e. The number of hydrogen-bond acceptors (Lipinski definition) is 2. The van der Waals surface area contributed by atoms with Crippen molar-refractivity contribution in [2.45, 2.75) is 24.5 Å². The first kappa shape index (κ1) is 12.3. The SMILES string of the molecule is CC(CS(=O)C1CC1c1ccccc1)C(=O)O.